The fourth-order valence-corrected chi connectivity index (χ4v) is 3.24. The van der Waals surface area contributed by atoms with Crippen LogP contribution in [0.3, 0.4) is 0 Å². The predicted octanol–water partition coefficient (Wildman–Crippen LogP) is 3.54. The van der Waals surface area contributed by atoms with Crippen LogP contribution in [0.5, 0.6) is 0 Å². The van der Waals surface area contributed by atoms with Crippen molar-refractivity contribution in [3.8, 4) is 0 Å². The van der Waals surface area contributed by atoms with E-state index < -0.39 is 0 Å². The first-order valence-corrected chi connectivity index (χ1v) is 8.66. The van der Waals surface area contributed by atoms with Crippen molar-refractivity contribution < 1.29 is 0 Å². The van der Waals surface area contributed by atoms with Crippen molar-refractivity contribution in [1.82, 2.24) is 15.2 Å². The lowest BCUT2D eigenvalue weighted by atomic mass is 10.0. The van der Waals surface area contributed by atoms with Gasteiger partial charge in [0.05, 0.1) is 11.7 Å². The molecule has 0 radical (unpaired) electrons. The zero-order valence-electron chi connectivity index (χ0n) is 12.9. The van der Waals surface area contributed by atoms with Gasteiger partial charge in [-0.3, -0.25) is 9.88 Å². The molecule has 0 aliphatic carbocycles. The Morgan fingerprint density at radius 2 is 1.91 bits per heavy atom. The van der Waals surface area contributed by atoms with Gasteiger partial charge in [0.25, 0.3) is 0 Å². The molecule has 0 spiro atoms. The minimum absolute atomic E-state index is 0.230. The third-order valence-electron chi connectivity index (χ3n) is 4.14. The zero-order chi connectivity index (χ0) is 15.4. The van der Waals surface area contributed by atoms with Crippen LogP contribution in [-0.2, 0) is 0 Å². The number of nitrogens with one attached hydrogen (secondary N) is 1. The molecule has 1 aliphatic rings. The molecule has 1 aromatic carbocycles. The Kier molecular flexibility index (Phi) is 5.24. The van der Waals surface area contributed by atoms with Crippen LogP contribution in [0.2, 0.25) is 0 Å². The van der Waals surface area contributed by atoms with E-state index in [4.69, 9.17) is 4.98 Å². The first kappa shape index (κ1) is 15.7. The highest BCUT2D eigenvalue weighted by Gasteiger charge is 2.24. The van der Waals surface area contributed by atoms with E-state index in [-0.39, 0.29) is 6.04 Å². The van der Waals surface area contributed by atoms with E-state index in [2.05, 4.69) is 69.5 Å². The Bertz CT molecular complexity index is 541. The van der Waals surface area contributed by atoms with Gasteiger partial charge in [-0.15, -0.1) is 0 Å². The van der Waals surface area contributed by atoms with Crippen LogP contribution < -0.4 is 5.32 Å². The molecule has 1 fully saturated rings. The minimum Gasteiger partial charge on any atom is -0.315 e. The van der Waals surface area contributed by atoms with Crippen LogP contribution in [0, 0.1) is 6.92 Å². The normalized spacial score (nSPS) is 17.9. The molecule has 1 N–H and O–H groups in total. The number of hydrogen-bond donors (Lipinski definition) is 1. The van der Waals surface area contributed by atoms with E-state index in [1.54, 1.807) is 0 Å². The van der Waals surface area contributed by atoms with E-state index in [1.807, 2.05) is 6.20 Å². The van der Waals surface area contributed by atoms with Crippen LogP contribution in [0.15, 0.2) is 47.1 Å². The molecule has 0 amide bonds. The van der Waals surface area contributed by atoms with Crippen molar-refractivity contribution in [3.05, 3.63) is 63.9 Å². The van der Waals surface area contributed by atoms with Crippen molar-refractivity contribution in [1.29, 1.82) is 0 Å². The summed E-state index contributed by atoms with van der Waals surface area (Å²) in [6.07, 6.45) is 3.15. The first-order valence-electron chi connectivity index (χ1n) is 7.87. The number of rotatable bonds is 3. The minimum atomic E-state index is 0.230. The lowest BCUT2D eigenvalue weighted by Crippen LogP contribution is -2.33. The van der Waals surface area contributed by atoms with Gasteiger partial charge < -0.3 is 5.32 Å². The predicted molar refractivity (Wildman–Crippen MR) is 94.0 cm³/mol. The summed E-state index contributed by atoms with van der Waals surface area (Å²) in [7, 11) is 0. The fraction of sp³-hybridized carbons (Fsp3) is 0.389. The number of nitrogens with zero attached hydrogens (tertiary/aromatic N) is 2. The van der Waals surface area contributed by atoms with Crippen molar-refractivity contribution in [2.45, 2.75) is 19.4 Å². The van der Waals surface area contributed by atoms with E-state index in [0.717, 1.165) is 36.3 Å². The lowest BCUT2D eigenvalue weighted by Gasteiger charge is -2.30. The molecule has 4 heteroatoms. The molecule has 22 heavy (non-hydrogen) atoms. The average molecular weight is 360 g/mol. The Morgan fingerprint density at radius 1 is 1.09 bits per heavy atom. The van der Waals surface area contributed by atoms with Crippen LogP contribution in [-0.4, -0.2) is 36.1 Å². The molecule has 1 atom stereocenters. The van der Waals surface area contributed by atoms with Gasteiger partial charge in [0.15, 0.2) is 0 Å². The summed E-state index contributed by atoms with van der Waals surface area (Å²) in [5, 5.41) is 3.48. The van der Waals surface area contributed by atoms with Crippen molar-refractivity contribution in [3.63, 3.8) is 0 Å². The summed E-state index contributed by atoms with van der Waals surface area (Å²) in [5.41, 5.74) is 3.65. The van der Waals surface area contributed by atoms with Crippen molar-refractivity contribution in [2.24, 2.45) is 0 Å². The molecular weight excluding hydrogens is 338 g/mol. The highest BCUT2D eigenvalue weighted by Crippen LogP contribution is 2.29. The van der Waals surface area contributed by atoms with Crippen LogP contribution in [0.4, 0.5) is 0 Å². The summed E-state index contributed by atoms with van der Waals surface area (Å²) in [6, 6.07) is 13.2. The fourth-order valence-electron chi connectivity index (χ4n) is 2.98. The van der Waals surface area contributed by atoms with E-state index in [9.17, 15) is 0 Å². The molecule has 3 nitrogen and oxygen atoms in total. The Morgan fingerprint density at radius 3 is 2.64 bits per heavy atom. The van der Waals surface area contributed by atoms with Crippen LogP contribution >= 0.6 is 15.9 Å². The topological polar surface area (TPSA) is 28.2 Å². The standard InChI is InChI=1S/C18H22BrN3/c1-14-3-8-17(21-13-14)18(15-4-6-16(19)7-5-15)22-11-2-9-20-10-12-22/h3-8,13,18,20H,2,9-12H2,1H3. The third-order valence-corrected chi connectivity index (χ3v) is 4.67. The highest BCUT2D eigenvalue weighted by atomic mass is 79.9. The quantitative estimate of drug-likeness (QED) is 0.908. The van der Waals surface area contributed by atoms with Gasteiger partial charge in [0, 0.05) is 30.3 Å². The highest BCUT2D eigenvalue weighted by molar-refractivity contribution is 9.10. The van der Waals surface area contributed by atoms with E-state index >= 15 is 0 Å². The SMILES string of the molecule is Cc1ccc(C(c2ccc(Br)cc2)N2CCCNCC2)nc1. The molecule has 0 bridgehead atoms. The number of halogens is 1. The maximum atomic E-state index is 4.71. The van der Waals surface area contributed by atoms with Gasteiger partial charge in [0.2, 0.25) is 0 Å². The van der Waals surface area contributed by atoms with Crippen LogP contribution in [0.25, 0.3) is 0 Å². The van der Waals surface area contributed by atoms with E-state index in [0.29, 0.717) is 0 Å². The Labute approximate surface area is 140 Å². The summed E-state index contributed by atoms with van der Waals surface area (Å²) in [6.45, 7) is 6.38. The second-order valence-electron chi connectivity index (χ2n) is 5.85. The van der Waals surface area contributed by atoms with Gasteiger partial charge in [-0.25, -0.2) is 0 Å². The van der Waals surface area contributed by atoms with Crippen LogP contribution in [0.1, 0.15) is 29.3 Å². The number of aromatic nitrogens is 1. The first-order chi connectivity index (χ1) is 10.7. The molecule has 1 unspecified atom stereocenters. The summed E-state index contributed by atoms with van der Waals surface area (Å²) >= 11 is 3.53. The number of aryl methyl sites for hydroxylation is 1. The van der Waals surface area contributed by atoms with Gasteiger partial charge in [-0.2, -0.15) is 0 Å². The van der Waals surface area contributed by atoms with E-state index in [1.165, 1.54) is 17.5 Å². The van der Waals surface area contributed by atoms with Gasteiger partial charge in [-0.1, -0.05) is 34.1 Å². The molecule has 2 heterocycles. The third kappa shape index (κ3) is 3.75. The summed E-state index contributed by atoms with van der Waals surface area (Å²) in [5.74, 6) is 0. The smallest absolute Gasteiger partial charge is 0.0776 e. The monoisotopic (exact) mass is 359 g/mol. The van der Waals surface area contributed by atoms with Crippen molar-refractivity contribution >= 4 is 15.9 Å². The molecule has 3 rings (SSSR count). The molecule has 0 saturated carbocycles. The lowest BCUT2D eigenvalue weighted by molar-refractivity contribution is 0.237. The molecule has 1 aliphatic heterocycles. The zero-order valence-corrected chi connectivity index (χ0v) is 14.5. The Hall–Kier alpha value is -1.23. The average Bonchev–Trinajstić information content (AvgIpc) is 2.81. The Balaban J connectivity index is 1.96. The molecule has 1 saturated heterocycles. The van der Waals surface area contributed by atoms with Gasteiger partial charge in [0.1, 0.15) is 0 Å². The second-order valence-corrected chi connectivity index (χ2v) is 6.77. The summed E-state index contributed by atoms with van der Waals surface area (Å²) in [4.78, 5) is 7.25. The maximum absolute atomic E-state index is 4.71. The molecule has 1 aromatic heterocycles. The maximum Gasteiger partial charge on any atom is 0.0776 e. The van der Waals surface area contributed by atoms with Gasteiger partial charge >= 0.3 is 0 Å². The largest absolute Gasteiger partial charge is 0.315 e. The number of hydrogen-bond acceptors (Lipinski definition) is 3. The van der Waals surface area contributed by atoms with Crippen molar-refractivity contribution in [2.75, 3.05) is 26.2 Å². The molecule has 2 aromatic rings. The molecule has 116 valence electrons. The second kappa shape index (κ2) is 7.36. The number of pyridine rings is 1. The number of benzene rings is 1. The molecular formula is C18H22BrN3. The summed E-state index contributed by atoms with van der Waals surface area (Å²) < 4.78 is 1.12. The van der Waals surface area contributed by atoms with Gasteiger partial charge in [-0.05, 0) is 49.2 Å².